The number of aromatic nitrogens is 4. The van der Waals surface area contributed by atoms with E-state index >= 15 is 0 Å². The Balaban J connectivity index is 1.46. The number of sulfonamides is 1. The van der Waals surface area contributed by atoms with Crippen molar-refractivity contribution in [3.63, 3.8) is 0 Å². The highest BCUT2D eigenvalue weighted by Crippen LogP contribution is 2.44. The lowest BCUT2D eigenvalue weighted by atomic mass is 9.70. The molecule has 6 rings (SSSR count). The van der Waals surface area contributed by atoms with E-state index in [1.165, 1.54) is 28.8 Å². The number of carboxylic acids is 1. The molecule has 47 heavy (non-hydrogen) atoms. The molecule has 0 amide bonds. The number of aryl methyl sites for hydroxylation is 2. The molecule has 11 nitrogen and oxygen atoms in total. The number of nitrogens with one attached hydrogen (secondary N) is 1. The average molecular weight is 673 g/mol. The summed E-state index contributed by atoms with van der Waals surface area (Å²) in [7, 11) is -4.06. The Morgan fingerprint density at radius 3 is 2.53 bits per heavy atom. The summed E-state index contributed by atoms with van der Waals surface area (Å²) in [6.45, 7) is 7.91. The molecule has 2 aliphatic heterocycles. The lowest BCUT2D eigenvalue weighted by Gasteiger charge is -2.38. The summed E-state index contributed by atoms with van der Waals surface area (Å²) in [5, 5.41) is 20.8. The fourth-order valence-electron chi connectivity index (χ4n) is 6.66. The minimum absolute atomic E-state index is 0.0216. The second-order valence-electron chi connectivity index (χ2n) is 12.9. The van der Waals surface area contributed by atoms with Gasteiger partial charge in [0.05, 0.1) is 12.0 Å². The van der Waals surface area contributed by atoms with Gasteiger partial charge in [-0.15, -0.1) is 10.2 Å². The Hall–Kier alpha value is -4.08. The highest BCUT2D eigenvalue weighted by Gasteiger charge is 2.46. The molecule has 0 saturated carbocycles. The number of alkyl halides is 3. The standard InChI is InChI=1S/C32H35F3N6O5S/c1-19-7-8-21(25(30(3,4)29(42)43)23-9-15-41-26(20(23)2)38-39-28(41)32(33,34)35)16-22(19)17-40-18-31(10-13-36-14-11-31)46-27-24(47(40,44)45)6-5-12-37-27/h5-9,12,15-16,25,36H,10-11,13-14,17-18H2,1-4H3,(H,42,43). The first-order chi connectivity index (χ1) is 22.0. The first-order valence-corrected chi connectivity index (χ1v) is 16.6. The highest BCUT2D eigenvalue weighted by molar-refractivity contribution is 7.89. The van der Waals surface area contributed by atoms with Gasteiger partial charge in [-0.25, -0.2) is 13.4 Å². The van der Waals surface area contributed by atoms with Gasteiger partial charge >= 0.3 is 12.1 Å². The van der Waals surface area contributed by atoms with Crippen molar-refractivity contribution in [1.82, 2.24) is 29.2 Å². The number of rotatable bonds is 6. The van der Waals surface area contributed by atoms with Crippen LogP contribution in [0.1, 0.15) is 66.2 Å². The predicted octanol–water partition coefficient (Wildman–Crippen LogP) is 4.71. The summed E-state index contributed by atoms with van der Waals surface area (Å²) in [5.74, 6) is -3.08. The fraction of sp³-hybridized carbons (Fsp3) is 0.438. The Bertz CT molecular complexity index is 1970. The van der Waals surface area contributed by atoms with Crippen LogP contribution in [0.3, 0.4) is 0 Å². The van der Waals surface area contributed by atoms with E-state index in [9.17, 15) is 31.5 Å². The van der Waals surface area contributed by atoms with Crippen LogP contribution in [0, 0.1) is 19.3 Å². The van der Waals surface area contributed by atoms with Crippen molar-refractivity contribution in [2.45, 2.75) is 69.7 Å². The molecule has 2 aliphatic rings. The second kappa shape index (κ2) is 11.6. The van der Waals surface area contributed by atoms with Gasteiger partial charge in [-0.2, -0.15) is 17.5 Å². The van der Waals surface area contributed by atoms with E-state index in [1.54, 1.807) is 45.0 Å². The summed E-state index contributed by atoms with van der Waals surface area (Å²) < 4.78 is 77.6. The Morgan fingerprint density at radius 1 is 1.13 bits per heavy atom. The Labute approximate surface area is 269 Å². The number of ether oxygens (including phenoxy) is 1. The third-order valence-corrected chi connectivity index (χ3v) is 11.2. The second-order valence-corrected chi connectivity index (χ2v) is 14.8. The number of pyridine rings is 2. The number of benzene rings is 1. The highest BCUT2D eigenvalue weighted by atomic mass is 32.2. The number of nitrogens with zero attached hydrogens (tertiary/aromatic N) is 5. The van der Waals surface area contributed by atoms with E-state index in [-0.39, 0.29) is 29.5 Å². The number of halogens is 3. The largest absolute Gasteiger partial charge is 0.481 e. The fourth-order valence-corrected chi connectivity index (χ4v) is 8.22. The quantitative estimate of drug-likeness (QED) is 0.298. The van der Waals surface area contributed by atoms with E-state index in [2.05, 4.69) is 20.5 Å². The van der Waals surface area contributed by atoms with Crippen LogP contribution in [-0.4, -0.2) is 68.6 Å². The van der Waals surface area contributed by atoms with Gasteiger partial charge in [0, 0.05) is 37.7 Å². The molecule has 5 heterocycles. The predicted molar refractivity (Wildman–Crippen MR) is 164 cm³/mol. The molecule has 15 heteroatoms. The molecule has 1 unspecified atom stereocenters. The van der Waals surface area contributed by atoms with Crippen molar-refractivity contribution >= 4 is 21.6 Å². The maximum absolute atomic E-state index is 14.1. The lowest BCUT2D eigenvalue weighted by molar-refractivity contribution is -0.147. The molecule has 3 aromatic heterocycles. The number of hydrogen-bond donors (Lipinski definition) is 2. The summed E-state index contributed by atoms with van der Waals surface area (Å²) in [6, 6.07) is 9.87. The zero-order valence-electron chi connectivity index (χ0n) is 26.3. The topological polar surface area (TPSA) is 139 Å². The van der Waals surface area contributed by atoms with Crippen LogP contribution in [-0.2, 0) is 27.5 Å². The van der Waals surface area contributed by atoms with Gasteiger partial charge in [-0.05, 0) is 86.8 Å². The van der Waals surface area contributed by atoms with Crippen molar-refractivity contribution in [2.24, 2.45) is 5.41 Å². The van der Waals surface area contributed by atoms with Crippen LogP contribution in [0.5, 0.6) is 5.88 Å². The molecule has 1 spiro atoms. The molecule has 1 aromatic carbocycles. The Morgan fingerprint density at radius 2 is 1.85 bits per heavy atom. The van der Waals surface area contributed by atoms with E-state index < -0.39 is 44.9 Å². The van der Waals surface area contributed by atoms with Crippen LogP contribution in [0.15, 0.2) is 53.7 Å². The molecule has 0 aliphatic carbocycles. The molecule has 4 aromatic rings. The van der Waals surface area contributed by atoms with Crippen molar-refractivity contribution in [3.8, 4) is 5.88 Å². The zero-order valence-corrected chi connectivity index (χ0v) is 27.1. The van der Waals surface area contributed by atoms with E-state index in [0.717, 1.165) is 9.96 Å². The number of aliphatic carboxylic acids is 1. The molecule has 1 fully saturated rings. The zero-order chi connectivity index (χ0) is 33.9. The van der Waals surface area contributed by atoms with Crippen molar-refractivity contribution < 1.29 is 36.2 Å². The normalized spacial score (nSPS) is 18.8. The minimum Gasteiger partial charge on any atom is -0.481 e. The van der Waals surface area contributed by atoms with Crippen molar-refractivity contribution in [3.05, 3.63) is 82.4 Å². The summed E-state index contributed by atoms with van der Waals surface area (Å²) in [5.41, 5.74) is 0.533. The Kier molecular flexibility index (Phi) is 8.08. The number of piperidine rings is 1. The van der Waals surface area contributed by atoms with Crippen LogP contribution in [0.2, 0.25) is 0 Å². The van der Waals surface area contributed by atoms with E-state index in [0.29, 0.717) is 48.2 Å². The van der Waals surface area contributed by atoms with Crippen LogP contribution < -0.4 is 10.1 Å². The number of hydrogen-bond acceptors (Lipinski definition) is 8. The summed E-state index contributed by atoms with van der Waals surface area (Å²) in [4.78, 5) is 16.9. The first-order valence-electron chi connectivity index (χ1n) is 15.1. The van der Waals surface area contributed by atoms with Gasteiger partial charge in [0.25, 0.3) is 0 Å². The number of carbonyl (C=O) groups is 1. The molecule has 250 valence electrons. The average Bonchev–Trinajstić information content (AvgIpc) is 3.43. The molecule has 2 N–H and O–H groups in total. The maximum atomic E-state index is 14.1. The van der Waals surface area contributed by atoms with Crippen LogP contribution >= 0.6 is 0 Å². The molecule has 0 radical (unpaired) electrons. The summed E-state index contributed by atoms with van der Waals surface area (Å²) in [6.07, 6.45) is -0.887. The molecular formula is C32H35F3N6O5S. The first kappa shape index (κ1) is 32.8. The third kappa shape index (κ3) is 5.74. The molecule has 0 bridgehead atoms. The van der Waals surface area contributed by atoms with Crippen molar-refractivity contribution in [1.29, 1.82) is 0 Å². The number of fused-ring (bicyclic) bond motifs is 2. The van der Waals surface area contributed by atoms with Gasteiger partial charge in [0.2, 0.25) is 21.7 Å². The smallest absolute Gasteiger partial charge is 0.452 e. The van der Waals surface area contributed by atoms with Gasteiger partial charge in [0.15, 0.2) is 5.65 Å². The third-order valence-electron chi connectivity index (χ3n) is 9.40. The molecule has 1 atom stereocenters. The summed E-state index contributed by atoms with van der Waals surface area (Å²) >= 11 is 0. The molecule has 1 saturated heterocycles. The SMILES string of the molecule is Cc1ccc(C(c2ccn3c(C(F)(F)F)nnc3c2C)C(C)(C)C(=O)O)cc1CN1CC2(CCNCC2)Oc2ncccc2S1(=O)=O. The van der Waals surface area contributed by atoms with Gasteiger partial charge in [-0.3, -0.25) is 9.20 Å². The van der Waals surface area contributed by atoms with E-state index in [1.807, 2.05) is 6.92 Å². The number of carboxylic acid groups (broad SMARTS) is 1. The van der Waals surface area contributed by atoms with Crippen molar-refractivity contribution in [2.75, 3.05) is 19.6 Å². The van der Waals surface area contributed by atoms with Gasteiger partial charge in [0.1, 0.15) is 10.5 Å². The van der Waals surface area contributed by atoms with Crippen LogP contribution in [0.4, 0.5) is 13.2 Å². The molecular weight excluding hydrogens is 637 g/mol. The van der Waals surface area contributed by atoms with Gasteiger partial charge in [-0.1, -0.05) is 18.2 Å². The van der Waals surface area contributed by atoms with E-state index in [4.69, 9.17) is 4.74 Å². The monoisotopic (exact) mass is 672 g/mol. The minimum atomic E-state index is -4.74. The van der Waals surface area contributed by atoms with Crippen LogP contribution in [0.25, 0.3) is 5.65 Å². The lowest BCUT2D eigenvalue weighted by Crippen LogP contribution is -2.53. The van der Waals surface area contributed by atoms with Gasteiger partial charge < -0.3 is 15.2 Å². The maximum Gasteiger partial charge on any atom is 0.452 e.